The number of aryl methyl sites for hydroxylation is 1. The smallest absolute Gasteiger partial charge is 0.257 e. The molecule has 3 heterocycles. The second-order valence-corrected chi connectivity index (χ2v) is 9.62. The SMILES string of the molecule is CN=Cc1c(C)cc(=O)n2c3ccccc3n(CC(O)CN3CCC(I)CC3)c12. The number of alkyl halides is 1. The number of piperidine rings is 1. The number of aliphatic hydroxyl groups excluding tert-OH is 1. The van der Waals surface area contributed by atoms with Gasteiger partial charge in [0, 0.05) is 35.4 Å². The Bertz CT molecular complexity index is 1110. The highest BCUT2D eigenvalue weighted by molar-refractivity contribution is 14.1. The molecule has 3 aromatic rings. The predicted octanol–water partition coefficient (Wildman–Crippen LogP) is 2.87. The maximum atomic E-state index is 12.9. The van der Waals surface area contributed by atoms with E-state index in [9.17, 15) is 9.90 Å². The van der Waals surface area contributed by atoms with E-state index >= 15 is 0 Å². The maximum Gasteiger partial charge on any atom is 0.257 e. The Balaban J connectivity index is 1.79. The van der Waals surface area contributed by atoms with Crippen molar-refractivity contribution in [1.29, 1.82) is 0 Å². The van der Waals surface area contributed by atoms with Gasteiger partial charge in [-0.2, -0.15) is 0 Å². The van der Waals surface area contributed by atoms with E-state index in [0.29, 0.717) is 13.1 Å². The van der Waals surface area contributed by atoms with Crippen molar-refractivity contribution in [2.45, 2.75) is 36.3 Å². The van der Waals surface area contributed by atoms with Crippen molar-refractivity contribution >= 4 is 45.5 Å². The van der Waals surface area contributed by atoms with Gasteiger partial charge in [0.15, 0.2) is 0 Å². The molecule has 7 heteroatoms. The lowest BCUT2D eigenvalue weighted by Crippen LogP contribution is -2.40. The fourth-order valence-corrected chi connectivity index (χ4v) is 4.90. The van der Waals surface area contributed by atoms with Gasteiger partial charge in [-0.1, -0.05) is 34.7 Å². The average Bonchev–Trinajstić information content (AvgIpc) is 3.02. The Morgan fingerprint density at radius 1 is 1.24 bits per heavy atom. The Morgan fingerprint density at radius 2 is 1.93 bits per heavy atom. The molecule has 0 radical (unpaired) electrons. The molecule has 4 rings (SSSR count). The predicted molar refractivity (Wildman–Crippen MR) is 127 cm³/mol. The van der Waals surface area contributed by atoms with Gasteiger partial charge in [-0.3, -0.25) is 14.2 Å². The lowest BCUT2D eigenvalue weighted by molar-refractivity contribution is 0.0915. The minimum Gasteiger partial charge on any atom is -0.390 e. The van der Waals surface area contributed by atoms with Crippen molar-refractivity contribution in [3.05, 3.63) is 51.8 Å². The van der Waals surface area contributed by atoms with Crippen molar-refractivity contribution < 1.29 is 5.11 Å². The highest BCUT2D eigenvalue weighted by Gasteiger charge is 2.22. The number of β-amino-alcohol motifs (C(OH)–C–C–N with tert-alkyl or cyclic N) is 1. The van der Waals surface area contributed by atoms with Crippen molar-refractivity contribution in [3.8, 4) is 0 Å². The zero-order valence-electron chi connectivity index (χ0n) is 16.9. The molecule has 6 nitrogen and oxygen atoms in total. The summed E-state index contributed by atoms with van der Waals surface area (Å²) in [7, 11) is 1.74. The molecule has 1 unspecified atom stereocenters. The first-order valence-corrected chi connectivity index (χ1v) is 11.3. The van der Waals surface area contributed by atoms with E-state index in [1.165, 1.54) is 12.8 Å². The highest BCUT2D eigenvalue weighted by Crippen LogP contribution is 2.24. The molecule has 2 aromatic heterocycles. The van der Waals surface area contributed by atoms with Gasteiger partial charge in [0.1, 0.15) is 5.65 Å². The van der Waals surface area contributed by atoms with Crippen molar-refractivity contribution in [1.82, 2.24) is 13.9 Å². The number of imidazole rings is 1. The number of halogens is 1. The van der Waals surface area contributed by atoms with Crippen molar-refractivity contribution in [2.24, 2.45) is 4.99 Å². The number of hydrogen-bond donors (Lipinski definition) is 1. The van der Waals surface area contributed by atoms with E-state index in [0.717, 1.165) is 44.8 Å². The van der Waals surface area contributed by atoms with E-state index in [-0.39, 0.29) is 5.56 Å². The van der Waals surface area contributed by atoms with E-state index in [2.05, 4.69) is 37.1 Å². The first kappa shape index (κ1) is 20.6. The number of para-hydroxylation sites is 2. The molecule has 1 aliphatic rings. The summed E-state index contributed by atoms with van der Waals surface area (Å²) in [6.45, 7) is 5.09. The van der Waals surface area contributed by atoms with Crippen LogP contribution in [0.1, 0.15) is 24.0 Å². The second kappa shape index (κ2) is 8.57. The first-order chi connectivity index (χ1) is 14.0. The molecule has 0 spiro atoms. The lowest BCUT2D eigenvalue weighted by atomic mass is 10.1. The number of pyridine rings is 1. The molecule has 1 atom stereocenters. The van der Waals surface area contributed by atoms with Crippen LogP contribution in [0.3, 0.4) is 0 Å². The standard InChI is InChI=1S/C22H27IN4O2/c1-15-11-21(29)27-20-6-4-3-5-19(20)26(22(27)18(15)12-24-2)14-17(28)13-25-9-7-16(23)8-10-25/h3-6,11-12,16-17,28H,7-10,13-14H2,1-2H3. The molecule has 1 N–H and O–H groups in total. The van der Waals surface area contributed by atoms with Crippen LogP contribution in [0.15, 0.2) is 40.1 Å². The number of hydrogen-bond acceptors (Lipinski definition) is 4. The maximum absolute atomic E-state index is 12.9. The molecule has 0 bridgehead atoms. The van der Waals surface area contributed by atoms with Crippen LogP contribution >= 0.6 is 22.6 Å². The lowest BCUT2D eigenvalue weighted by Gasteiger charge is -2.31. The van der Waals surface area contributed by atoms with Gasteiger partial charge in [0.25, 0.3) is 5.56 Å². The van der Waals surface area contributed by atoms with Crippen LogP contribution < -0.4 is 5.56 Å². The van der Waals surface area contributed by atoms with E-state index < -0.39 is 6.10 Å². The highest BCUT2D eigenvalue weighted by atomic mass is 127. The second-order valence-electron chi connectivity index (χ2n) is 7.85. The summed E-state index contributed by atoms with van der Waals surface area (Å²) >= 11 is 2.52. The van der Waals surface area contributed by atoms with Crippen LogP contribution in [0.25, 0.3) is 16.7 Å². The summed E-state index contributed by atoms with van der Waals surface area (Å²) < 4.78 is 4.56. The van der Waals surface area contributed by atoms with Crippen LogP contribution in [0.4, 0.5) is 0 Å². The largest absolute Gasteiger partial charge is 0.390 e. The van der Waals surface area contributed by atoms with Crippen LogP contribution in [0, 0.1) is 6.92 Å². The van der Waals surface area contributed by atoms with Crippen molar-refractivity contribution in [2.75, 3.05) is 26.7 Å². The number of aliphatic imine (C=N–C) groups is 1. The van der Waals surface area contributed by atoms with Gasteiger partial charge < -0.3 is 14.6 Å². The Hall–Kier alpha value is -1.71. The molecule has 1 aromatic carbocycles. The van der Waals surface area contributed by atoms with Crippen LogP contribution in [-0.2, 0) is 6.54 Å². The zero-order valence-corrected chi connectivity index (χ0v) is 19.0. The third-order valence-corrected chi connectivity index (χ3v) is 6.99. The quantitative estimate of drug-likeness (QED) is 0.329. The van der Waals surface area contributed by atoms with Gasteiger partial charge >= 0.3 is 0 Å². The van der Waals surface area contributed by atoms with Gasteiger partial charge in [-0.05, 0) is 50.6 Å². The molecular weight excluding hydrogens is 479 g/mol. The fraction of sp³-hybridized carbons (Fsp3) is 0.455. The number of likely N-dealkylation sites (tertiary alicyclic amines) is 1. The first-order valence-electron chi connectivity index (χ1n) is 10.1. The minimum absolute atomic E-state index is 0.0562. The summed E-state index contributed by atoms with van der Waals surface area (Å²) in [5, 5.41) is 10.9. The number of aliphatic hydroxyl groups is 1. The number of benzene rings is 1. The third kappa shape index (κ3) is 4.00. The zero-order chi connectivity index (χ0) is 20.5. The van der Waals surface area contributed by atoms with Crippen LogP contribution in [0.5, 0.6) is 0 Å². The summed E-state index contributed by atoms with van der Waals surface area (Å²) in [6, 6.07) is 9.54. The van der Waals surface area contributed by atoms with Gasteiger partial charge in [0.05, 0.1) is 23.7 Å². The van der Waals surface area contributed by atoms with E-state index in [1.807, 2.05) is 31.2 Å². The van der Waals surface area contributed by atoms with Gasteiger partial charge in [0.2, 0.25) is 0 Å². The Labute approximate surface area is 184 Å². The normalized spacial score (nSPS) is 17.7. The molecule has 1 saturated heterocycles. The Morgan fingerprint density at radius 3 is 2.62 bits per heavy atom. The number of nitrogens with zero attached hydrogens (tertiary/aromatic N) is 4. The summed E-state index contributed by atoms with van der Waals surface area (Å²) in [6.07, 6.45) is 3.64. The minimum atomic E-state index is -0.512. The van der Waals surface area contributed by atoms with E-state index in [1.54, 1.807) is 23.7 Å². The number of rotatable bonds is 5. The molecular formula is C22H27IN4O2. The van der Waals surface area contributed by atoms with Gasteiger partial charge in [-0.15, -0.1) is 0 Å². The average molecular weight is 506 g/mol. The van der Waals surface area contributed by atoms with E-state index in [4.69, 9.17) is 0 Å². The Kier molecular flexibility index (Phi) is 6.08. The summed E-state index contributed by atoms with van der Waals surface area (Å²) in [4.78, 5) is 19.4. The van der Waals surface area contributed by atoms with Gasteiger partial charge in [-0.25, -0.2) is 0 Å². The number of aromatic nitrogens is 2. The molecule has 0 saturated carbocycles. The number of fused-ring (bicyclic) bond motifs is 3. The molecule has 29 heavy (non-hydrogen) atoms. The molecule has 154 valence electrons. The molecule has 1 aliphatic heterocycles. The van der Waals surface area contributed by atoms with Crippen LogP contribution in [-0.4, -0.2) is 61.9 Å². The fourth-order valence-electron chi connectivity index (χ4n) is 4.35. The molecule has 1 fully saturated rings. The molecule has 0 amide bonds. The molecule has 0 aliphatic carbocycles. The van der Waals surface area contributed by atoms with Crippen LogP contribution in [0.2, 0.25) is 0 Å². The monoisotopic (exact) mass is 506 g/mol. The third-order valence-electron chi connectivity index (χ3n) is 5.74. The summed E-state index contributed by atoms with van der Waals surface area (Å²) in [5.41, 5.74) is 4.36. The summed E-state index contributed by atoms with van der Waals surface area (Å²) in [5.74, 6) is 0. The van der Waals surface area contributed by atoms with Crippen molar-refractivity contribution in [3.63, 3.8) is 0 Å². The topological polar surface area (TPSA) is 62.2 Å².